The molecular weight excluding hydrogens is 230 g/mol. The predicted molar refractivity (Wildman–Crippen MR) is 70.3 cm³/mol. The van der Waals surface area contributed by atoms with Gasteiger partial charge in [0, 0.05) is 11.3 Å². The molecule has 0 aliphatic carbocycles. The van der Waals surface area contributed by atoms with E-state index >= 15 is 0 Å². The molecule has 0 unspecified atom stereocenters. The number of nitrogens with one attached hydrogen (secondary N) is 1. The summed E-state index contributed by atoms with van der Waals surface area (Å²) >= 11 is 0. The zero-order valence-corrected chi connectivity index (χ0v) is 10.6. The molecule has 0 atom stereocenters. The van der Waals surface area contributed by atoms with Gasteiger partial charge < -0.3 is 9.72 Å². The highest BCUT2D eigenvalue weighted by Gasteiger charge is 2.22. The fourth-order valence-electron chi connectivity index (χ4n) is 1.94. The summed E-state index contributed by atoms with van der Waals surface area (Å²) in [5, 5.41) is 0.739. The van der Waals surface area contributed by atoms with Crippen LogP contribution < -0.4 is 10.3 Å². The zero-order valence-electron chi connectivity index (χ0n) is 10.6. The first-order valence-corrected chi connectivity index (χ1v) is 5.79. The second-order valence-corrected chi connectivity index (χ2v) is 4.43. The lowest BCUT2D eigenvalue weighted by atomic mass is 9.99. The van der Waals surface area contributed by atoms with Gasteiger partial charge in [-0.1, -0.05) is 26.0 Å². The Hall–Kier alpha value is -2.10. The van der Waals surface area contributed by atoms with Gasteiger partial charge >= 0.3 is 0 Å². The zero-order chi connectivity index (χ0) is 13.3. The van der Waals surface area contributed by atoms with Gasteiger partial charge in [0.2, 0.25) is 0 Å². The number of hydrogen-bond acceptors (Lipinski definition) is 3. The number of ether oxygens (including phenoxy) is 1. The van der Waals surface area contributed by atoms with E-state index in [1.807, 2.05) is 18.2 Å². The average Bonchev–Trinajstić information content (AvgIpc) is 2.36. The van der Waals surface area contributed by atoms with Gasteiger partial charge in [-0.15, -0.1) is 0 Å². The van der Waals surface area contributed by atoms with Gasteiger partial charge in [-0.05, 0) is 12.1 Å². The number of ketones is 1. The summed E-state index contributed by atoms with van der Waals surface area (Å²) in [5.41, 5.74) is 0.370. The molecule has 1 aromatic heterocycles. The fourth-order valence-corrected chi connectivity index (χ4v) is 1.94. The minimum atomic E-state index is -0.399. The van der Waals surface area contributed by atoms with Crippen molar-refractivity contribution in [2.24, 2.45) is 5.92 Å². The molecule has 0 fully saturated rings. The lowest BCUT2D eigenvalue weighted by Crippen LogP contribution is -2.22. The molecule has 0 aliphatic rings. The van der Waals surface area contributed by atoms with Crippen molar-refractivity contribution in [3.05, 3.63) is 40.2 Å². The Labute approximate surface area is 105 Å². The third kappa shape index (κ3) is 1.90. The Morgan fingerprint density at radius 2 is 1.94 bits per heavy atom. The summed E-state index contributed by atoms with van der Waals surface area (Å²) in [6, 6.07) is 7.26. The first-order chi connectivity index (χ1) is 8.56. The third-order valence-electron chi connectivity index (χ3n) is 2.85. The number of rotatable bonds is 3. The molecule has 0 radical (unpaired) electrons. The molecule has 0 spiro atoms. The van der Waals surface area contributed by atoms with Gasteiger partial charge in [0.15, 0.2) is 5.78 Å². The van der Waals surface area contributed by atoms with Gasteiger partial charge in [-0.3, -0.25) is 9.59 Å². The summed E-state index contributed by atoms with van der Waals surface area (Å²) in [6.45, 7) is 3.52. The lowest BCUT2D eigenvalue weighted by Gasteiger charge is -2.11. The van der Waals surface area contributed by atoms with Gasteiger partial charge in [0.05, 0.1) is 12.6 Å². The Bertz CT molecular complexity index is 656. The van der Waals surface area contributed by atoms with Crippen molar-refractivity contribution in [1.29, 1.82) is 0 Å². The summed E-state index contributed by atoms with van der Waals surface area (Å²) in [5.74, 6) is -0.104. The van der Waals surface area contributed by atoms with E-state index in [4.69, 9.17) is 4.74 Å². The number of para-hydroxylation sites is 1. The molecule has 0 saturated carbocycles. The fraction of sp³-hybridized carbons (Fsp3) is 0.286. The second-order valence-electron chi connectivity index (χ2n) is 4.43. The van der Waals surface area contributed by atoms with Crippen molar-refractivity contribution in [1.82, 2.24) is 4.98 Å². The quantitative estimate of drug-likeness (QED) is 0.844. The molecule has 4 nitrogen and oxygen atoms in total. The van der Waals surface area contributed by atoms with E-state index in [1.54, 1.807) is 19.9 Å². The number of carbonyl (C=O) groups is 1. The van der Waals surface area contributed by atoms with Gasteiger partial charge in [-0.25, -0.2) is 0 Å². The van der Waals surface area contributed by atoms with Crippen LogP contribution in [0, 0.1) is 5.92 Å². The van der Waals surface area contributed by atoms with E-state index in [2.05, 4.69) is 4.98 Å². The Balaban J connectivity index is 2.85. The maximum Gasteiger partial charge on any atom is 0.263 e. The number of Topliss-reactive ketones (excluding diaryl/α,β-unsaturated/α-hetero) is 1. The number of pyridine rings is 1. The molecule has 1 aromatic carbocycles. The van der Waals surface area contributed by atoms with Crippen molar-refractivity contribution in [2.45, 2.75) is 13.8 Å². The summed E-state index contributed by atoms with van der Waals surface area (Å²) in [4.78, 5) is 26.8. The van der Waals surface area contributed by atoms with Crippen LogP contribution in [0.5, 0.6) is 5.75 Å². The summed E-state index contributed by atoms with van der Waals surface area (Å²) in [7, 11) is 1.47. The largest absolute Gasteiger partial charge is 0.495 e. The number of hydrogen-bond donors (Lipinski definition) is 1. The van der Waals surface area contributed by atoms with Crippen molar-refractivity contribution >= 4 is 16.7 Å². The standard InChI is InChI=1S/C14H15NO3/c1-8(2)12(16)11-13(18-3)9-6-4-5-7-10(9)15-14(11)17/h4-8H,1-3H3,(H,15,17). The first-order valence-electron chi connectivity index (χ1n) is 5.79. The van der Waals surface area contributed by atoms with Crippen molar-refractivity contribution in [3.8, 4) is 5.75 Å². The van der Waals surface area contributed by atoms with Crippen LogP contribution in [0.2, 0.25) is 0 Å². The topological polar surface area (TPSA) is 59.2 Å². The smallest absolute Gasteiger partial charge is 0.263 e. The molecule has 4 heteroatoms. The van der Waals surface area contributed by atoms with E-state index in [0.29, 0.717) is 11.3 Å². The second kappa shape index (κ2) is 4.64. The van der Waals surface area contributed by atoms with Gasteiger partial charge in [-0.2, -0.15) is 0 Å². The van der Waals surface area contributed by atoms with Crippen LogP contribution in [0.3, 0.4) is 0 Å². The molecule has 0 aliphatic heterocycles. The minimum Gasteiger partial charge on any atom is -0.495 e. The van der Waals surface area contributed by atoms with Crippen LogP contribution in [0.4, 0.5) is 0 Å². The van der Waals surface area contributed by atoms with E-state index in [0.717, 1.165) is 5.39 Å². The Morgan fingerprint density at radius 3 is 2.56 bits per heavy atom. The summed E-state index contributed by atoms with van der Waals surface area (Å²) in [6.07, 6.45) is 0. The monoisotopic (exact) mass is 245 g/mol. The molecule has 0 saturated heterocycles. The van der Waals surface area contributed by atoms with Crippen LogP contribution in [0.25, 0.3) is 10.9 Å². The Morgan fingerprint density at radius 1 is 1.28 bits per heavy atom. The number of methoxy groups -OCH3 is 1. The maximum atomic E-state index is 12.1. The Kier molecular flexibility index (Phi) is 3.19. The van der Waals surface area contributed by atoms with Crippen molar-refractivity contribution in [2.75, 3.05) is 7.11 Å². The molecule has 0 amide bonds. The number of aromatic amines is 1. The third-order valence-corrected chi connectivity index (χ3v) is 2.85. The molecule has 18 heavy (non-hydrogen) atoms. The van der Waals surface area contributed by atoms with E-state index in [1.165, 1.54) is 7.11 Å². The van der Waals surface area contributed by atoms with E-state index in [9.17, 15) is 9.59 Å². The van der Waals surface area contributed by atoms with E-state index in [-0.39, 0.29) is 17.3 Å². The van der Waals surface area contributed by atoms with Crippen LogP contribution in [-0.2, 0) is 0 Å². The number of benzene rings is 1. The number of aromatic nitrogens is 1. The SMILES string of the molecule is COc1c(C(=O)C(C)C)c(=O)[nH]c2ccccc12. The number of H-pyrrole nitrogens is 1. The van der Waals surface area contributed by atoms with Crippen LogP contribution >= 0.6 is 0 Å². The molecular formula is C14H15NO3. The molecule has 94 valence electrons. The summed E-state index contributed by atoms with van der Waals surface area (Å²) < 4.78 is 5.27. The molecule has 0 bridgehead atoms. The number of fused-ring (bicyclic) bond motifs is 1. The van der Waals surface area contributed by atoms with Crippen molar-refractivity contribution < 1.29 is 9.53 Å². The normalized spacial score (nSPS) is 10.9. The number of carbonyl (C=O) groups excluding carboxylic acids is 1. The van der Waals surface area contributed by atoms with Crippen LogP contribution in [0.15, 0.2) is 29.1 Å². The van der Waals surface area contributed by atoms with Gasteiger partial charge in [0.1, 0.15) is 11.3 Å². The molecule has 1 N–H and O–H groups in total. The van der Waals surface area contributed by atoms with Gasteiger partial charge in [0.25, 0.3) is 5.56 Å². The highest BCUT2D eigenvalue weighted by Crippen LogP contribution is 2.27. The molecule has 2 aromatic rings. The first kappa shape index (κ1) is 12.4. The van der Waals surface area contributed by atoms with E-state index < -0.39 is 5.56 Å². The predicted octanol–water partition coefficient (Wildman–Crippen LogP) is 2.38. The highest BCUT2D eigenvalue weighted by atomic mass is 16.5. The maximum absolute atomic E-state index is 12.1. The minimum absolute atomic E-state index is 0.103. The molecule has 1 heterocycles. The highest BCUT2D eigenvalue weighted by molar-refractivity contribution is 6.04. The van der Waals surface area contributed by atoms with Crippen molar-refractivity contribution in [3.63, 3.8) is 0 Å². The van der Waals surface area contributed by atoms with Crippen LogP contribution in [-0.4, -0.2) is 17.9 Å². The lowest BCUT2D eigenvalue weighted by molar-refractivity contribution is 0.0935. The molecule has 2 rings (SSSR count). The van der Waals surface area contributed by atoms with Crippen LogP contribution in [0.1, 0.15) is 24.2 Å². The average molecular weight is 245 g/mol.